The van der Waals surface area contributed by atoms with E-state index in [9.17, 15) is 17.6 Å². The maximum atomic E-state index is 13.3. The summed E-state index contributed by atoms with van der Waals surface area (Å²) in [5.74, 6) is -1.42. The van der Waals surface area contributed by atoms with E-state index in [0.717, 1.165) is 18.2 Å². The lowest BCUT2D eigenvalue weighted by Crippen LogP contribution is -2.32. The van der Waals surface area contributed by atoms with Crippen LogP contribution in [0.1, 0.15) is 16.1 Å². The van der Waals surface area contributed by atoms with E-state index in [1.165, 1.54) is 24.0 Å². The van der Waals surface area contributed by atoms with E-state index in [-0.39, 0.29) is 16.2 Å². The Labute approximate surface area is 154 Å². The number of sulfonamides is 1. The molecule has 134 valence electrons. The second kappa shape index (κ2) is 6.89. The summed E-state index contributed by atoms with van der Waals surface area (Å²) in [6.07, 6.45) is 2.58. The third kappa shape index (κ3) is 3.47. The number of carbonyl (C=O) groups excluding carboxylic acids is 1. The van der Waals surface area contributed by atoms with E-state index >= 15 is 0 Å². The van der Waals surface area contributed by atoms with Crippen LogP contribution in [0.4, 0.5) is 4.39 Å². The maximum absolute atomic E-state index is 13.3. The van der Waals surface area contributed by atoms with Gasteiger partial charge in [-0.05, 0) is 42.8 Å². The molecule has 0 bridgehead atoms. The molecule has 6 nitrogen and oxygen atoms in total. The van der Waals surface area contributed by atoms with Crippen LogP contribution < -0.4 is 4.72 Å². The summed E-state index contributed by atoms with van der Waals surface area (Å²) in [6, 6.07) is 10.0. The maximum Gasteiger partial charge on any atom is 0.283 e. The molecule has 1 N–H and O–H groups in total. The number of hydrogen-bond donors (Lipinski definition) is 1. The minimum absolute atomic E-state index is 0.0134. The lowest BCUT2D eigenvalue weighted by atomic mass is 10.2. The Balaban J connectivity index is 1.93. The number of nitrogens with zero attached hydrogens (tertiary/aromatic N) is 2. The van der Waals surface area contributed by atoms with Crippen molar-refractivity contribution in [2.24, 2.45) is 0 Å². The van der Waals surface area contributed by atoms with E-state index < -0.39 is 21.7 Å². The van der Waals surface area contributed by atoms with Crippen molar-refractivity contribution in [3.8, 4) is 5.69 Å². The van der Waals surface area contributed by atoms with Gasteiger partial charge in [-0.25, -0.2) is 22.5 Å². The van der Waals surface area contributed by atoms with Crippen molar-refractivity contribution < 1.29 is 17.6 Å². The average molecular weight is 394 g/mol. The van der Waals surface area contributed by atoms with Gasteiger partial charge in [-0.1, -0.05) is 23.7 Å². The summed E-state index contributed by atoms with van der Waals surface area (Å²) < 4.78 is 41.5. The first kappa shape index (κ1) is 18.1. The first-order valence-electron chi connectivity index (χ1n) is 7.40. The summed E-state index contributed by atoms with van der Waals surface area (Å²) in [5, 5.41) is 0.372. The van der Waals surface area contributed by atoms with Crippen molar-refractivity contribution in [3.63, 3.8) is 0 Å². The first-order valence-corrected chi connectivity index (χ1v) is 9.26. The lowest BCUT2D eigenvalue weighted by molar-refractivity contribution is 0.0975. The number of para-hydroxylation sites is 1. The highest BCUT2D eigenvalue weighted by atomic mass is 35.5. The van der Waals surface area contributed by atoms with Gasteiger partial charge in [-0.3, -0.25) is 9.36 Å². The van der Waals surface area contributed by atoms with Crippen LogP contribution in [0.2, 0.25) is 5.02 Å². The summed E-state index contributed by atoms with van der Waals surface area (Å²) in [6.45, 7) is 1.43. The smallest absolute Gasteiger partial charge is 0.283 e. The zero-order valence-corrected chi connectivity index (χ0v) is 15.1. The molecule has 0 unspecified atom stereocenters. The molecular weight excluding hydrogens is 381 g/mol. The molecule has 0 fully saturated rings. The van der Waals surface area contributed by atoms with Crippen molar-refractivity contribution >= 4 is 27.5 Å². The molecule has 9 heteroatoms. The fraction of sp³-hybridized carbons (Fsp3) is 0.0588. The number of benzene rings is 2. The van der Waals surface area contributed by atoms with Crippen LogP contribution in [-0.4, -0.2) is 23.9 Å². The van der Waals surface area contributed by atoms with E-state index in [0.29, 0.717) is 10.7 Å². The number of amides is 1. The molecular formula is C17H13ClFN3O3S. The van der Waals surface area contributed by atoms with Gasteiger partial charge in [0.15, 0.2) is 0 Å². The minimum atomic E-state index is -4.17. The average Bonchev–Trinajstić information content (AvgIpc) is 3.07. The second-order valence-electron chi connectivity index (χ2n) is 5.45. The number of nitrogens with one attached hydrogen (secondary N) is 1. The normalized spacial score (nSPS) is 11.3. The molecule has 3 rings (SSSR count). The SMILES string of the molecule is Cc1cc(S(=O)(=O)NC(=O)c2cncn2-c2ccccc2Cl)ccc1F. The van der Waals surface area contributed by atoms with Crippen molar-refractivity contribution in [3.05, 3.63) is 77.1 Å². The van der Waals surface area contributed by atoms with Crippen LogP contribution in [0.25, 0.3) is 5.69 Å². The van der Waals surface area contributed by atoms with Crippen molar-refractivity contribution in [2.75, 3.05) is 0 Å². The zero-order chi connectivity index (χ0) is 18.9. The molecule has 0 saturated carbocycles. The van der Waals surface area contributed by atoms with Gasteiger partial charge in [0.05, 0.1) is 28.1 Å². The predicted molar refractivity (Wildman–Crippen MR) is 94.4 cm³/mol. The van der Waals surface area contributed by atoms with Gasteiger partial charge in [-0.2, -0.15) is 0 Å². The zero-order valence-electron chi connectivity index (χ0n) is 13.5. The molecule has 0 atom stereocenters. The molecule has 3 aromatic rings. The standard InChI is InChI=1S/C17H13ClFN3O3S/c1-11-8-12(6-7-14(11)19)26(24,25)21-17(23)16-9-20-10-22(16)15-5-3-2-4-13(15)18/h2-10H,1H3,(H,21,23). The van der Waals surface area contributed by atoms with E-state index in [4.69, 9.17) is 11.6 Å². The quantitative estimate of drug-likeness (QED) is 0.738. The molecule has 0 aliphatic carbocycles. The van der Waals surface area contributed by atoms with Crippen LogP contribution in [-0.2, 0) is 10.0 Å². The Morgan fingerprint density at radius 3 is 2.65 bits per heavy atom. The van der Waals surface area contributed by atoms with Crippen molar-refractivity contribution in [1.82, 2.24) is 14.3 Å². The van der Waals surface area contributed by atoms with Crippen LogP contribution >= 0.6 is 11.6 Å². The van der Waals surface area contributed by atoms with Crippen LogP contribution in [0.5, 0.6) is 0 Å². The molecule has 1 amide bonds. The Bertz CT molecular complexity index is 1100. The van der Waals surface area contributed by atoms with Gasteiger partial charge in [0.1, 0.15) is 11.5 Å². The van der Waals surface area contributed by atoms with Crippen molar-refractivity contribution in [2.45, 2.75) is 11.8 Å². The second-order valence-corrected chi connectivity index (χ2v) is 7.54. The summed E-state index contributed by atoms with van der Waals surface area (Å²) in [7, 11) is -4.17. The highest BCUT2D eigenvalue weighted by molar-refractivity contribution is 7.90. The number of carbonyl (C=O) groups is 1. The minimum Gasteiger partial charge on any atom is -0.293 e. The number of imidazole rings is 1. The summed E-state index contributed by atoms with van der Waals surface area (Å²) in [4.78, 5) is 16.2. The Kier molecular flexibility index (Phi) is 4.80. The van der Waals surface area contributed by atoms with Crippen LogP contribution in [0.3, 0.4) is 0 Å². The highest BCUT2D eigenvalue weighted by Crippen LogP contribution is 2.21. The molecule has 0 radical (unpaired) electrons. The molecule has 1 aromatic heterocycles. The molecule has 2 aromatic carbocycles. The Hall–Kier alpha value is -2.71. The number of aromatic nitrogens is 2. The van der Waals surface area contributed by atoms with Gasteiger partial charge < -0.3 is 0 Å². The summed E-state index contributed by atoms with van der Waals surface area (Å²) in [5.41, 5.74) is 0.619. The molecule has 0 saturated heterocycles. The largest absolute Gasteiger partial charge is 0.293 e. The Morgan fingerprint density at radius 2 is 1.96 bits per heavy atom. The fourth-order valence-corrected chi connectivity index (χ4v) is 3.59. The third-order valence-electron chi connectivity index (χ3n) is 3.65. The Morgan fingerprint density at radius 1 is 1.23 bits per heavy atom. The van der Waals surface area contributed by atoms with Gasteiger partial charge in [0.25, 0.3) is 15.9 Å². The molecule has 1 heterocycles. The molecule has 26 heavy (non-hydrogen) atoms. The monoisotopic (exact) mass is 393 g/mol. The van der Waals surface area contributed by atoms with Gasteiger partial charge >= 0.3 is 0 Å². The predicted octanol–water partition coefficient (Wildman–Crippen LogP) is 3.09. The first-order chi connectivity index (χ1) is 12.3. The molecule has 0 aliphatic heterocycles. The highest BCUT2D eigenvalue weighted by Gasteiger charge is 2.22. The third-order valence-corrected chi connectivity index (χ3v) is 5.30. The fourth-order valence-electron chi connectivity index (χ4n) is 2.32. The number of rotatable bonds is 4. The van der Waals surface area contributed by atoms with Crippen LogP contribution in [0.15, 0.2) is 59.9 Å². The van der Waals surface area contributed by atoms with Crippen LogP contribution in [0, 0.1) is 12.7 Å². The lowest BCUT2D eigenvalue weighted by Gasteiger charge is -2.11. The number of hydrogen-bond acceptors (Lipinski definition) is 4. The van der Waals surface area contributed by atoms with Gasteiger partial charge in [0, 0.05) is 0 Å². The van der Waals surface area contributed by atoms with E-state index in [2.05, 4.69) is 4.98 Å². The van der Waals surface area contributed by atoms with Gasteiger partial charge in [0.2, 0.25) is 0 Å². The number of aryl methyl sites for hydroxylation is 1. The number of halogens is 2. The van der Waals surface area contributed by atoms with Gasteiger partial charge in [-0.15, -0.1) is 0 Å². The van der Waals surface area contributed by atoms with Crippen molar-refractivity contribution in [1.29, 1.82) is 0 Å². The van der Waals surface area contributed by atoms with E-state index in [1.807, 2.05) is 4.72 Å². The molecule has 0 spiro atoms. The molecule has 0 aliphatic rings. The summed E-state index contributed by atoms with van der Waals surface area (Å²) >= 11 is 6.12. The topological polar surface area (TPSA) is 81.1 Å². The van der Waals surface area contributed by atoms with E-state index in [1.54, 1.807) is 24.3 Å².